The summed E-state index contributed by atoms with van der Waals surface area (Å²) in [4.78, 5) is 12.5. The van der Waals surface area contributed by atoms with E-state index in [0.717, 1.165) is 21.9 Å². The van der Waals surface area contributed by atoms with Crippen molar-refractivity contribution in [3.63, 3.8) is 0 Å². The number of halogens is 1. The SMILES string of the molecule is Cc1ccccc1CSc1cc2c(cc1Cl)C(N)C(=O)N2. The van der Waals surface area contributed by atoms with Gasteiger partial charge in [0, 0.05) is 21.9 Å². The zero-order chi connectivity index (χ0) is 15.0. The van der Waals surface area contributed by atoms with E-state index in [2.05, 4.69) is 24.4 Å². The molecule has 1 amide bonds. The third-order valence-electron chi connectivity index (χ3n) is 3.62. The van der Waals surface area contributed by atoms with Crippen LogP contribution >= 0.6 is 23.4 Å². The molecule has 2 aromatic rings. The van der Waals surface area contributed by atoms with Gasteiger partial charge in [0.1, 0.15) is 6.04 Å². The number of rotatable bonds is 3. The van der Waals surface area contributed by atoms with Gasteiger partial charge >= 0.3 is 0 Å². The largest absolute Gasteiger partial charge is 0.324 e. The maximum Gasteiger partial charge on any atom is 0.245 e. The molecule has 0 spiro atoms. The van der Waals surface area contributed by atoms with Crippen LogP contribution in [0.4, 0.5) is 5.69 Å². The molecule has 0 saturated heterocycles. The van der Waals surface area contributed by atoms with Gasteiger partial charge in [0.05, 0.1) is 5.02 Å². The predicted octanol–water partition coefficient (Wildman–Crippen LogP) is 3.89. The molecule has 5 heteroatoms. The van der Waals surface area contributed by atoms with Gasteiger partial charge in [0.2, 0.25) is 5.91 Å². The summed E-state index contributed by atoms with van der Waals surface area (Å²) in [6.07, 6.45) is 0. The highest BCUT2D eigenvalue weighted by Gasteiger charge is 2.28. The number of thioether (sulfide) groups is 1. The number of hydrogen-bond donors (Lipinski definition) is 2. The zero-order valence-corrected chi connectivity index (χ0v) is 13.1. The van der Waals surface area contributed by atoms with Crippen molar-refractivity contribution in [2.24, 2.45) is 5.73 Å². The van der Waals surface area contributed by atoms with Crippen molar-refractivity contribution in [2.75, 3.05) is 5.32 Å². The van der Waals surface area contributed by atoms with E-state index in [1.165, 1.54) is 11.1 Å². The van der Waals surface area contributed by atoms with E-state index in [-0.39, 0.29) is 5.91 Å². The Labute approximate surface area is 132 Å². The zero-order valence-electron chi connectivity index (χ0n) is 11.5. The molecule has 0 aliphatic carbocycles. The number of hydrogen-bond acceptors (Lipinski definition) is 3. The molecule has 1 atom stereocenters. The Bertz CT molecular complexity index is 717. The van der Waals surface area contributed by atoms with E-state index < -0.39 is 6.04 Å². The van der Waals surface area contributed by atoms with Gasteiger partial charge in [-0.2, -0.15) is 0 Å². The molecule has 3 N–H and O–H groups in total. The van der Waals surface area contributed by atoms with Crippen molar-refractivity contribution in [1.29, 1.82) is 0 Å². The molecule has 1 unspecified atom stereocenters. The lowest BCUT2D eigenvalue weighted by Crippen LogP contribution is -2.19. The first kappa shape index (κ1) is 14.4. The number of carbonyl (C=O) groups is 1. The van der Waals surface area contributed by atoms with Gasteiger partial charge in [0.25, 0.3) is 0 Å². The third-order valence-corrected chi connectivity index (χ3v) is 5.15. The Morgan fingerprint density at radius 1 is 1.33 bits per heavy atom. The molecule has 1 aliphatic rings. The lowest BCUT2D eigenvalue weighted by molar-refractivity contribution is -0.116. The number of anilines is 1. The van der Waals surface area contributed by atoms with Crippen LogP contribution in [0.5, 0.6) is 0 Å². The molecule has 0 radical (unpaired) electrons. The average Bonchev–Trinajstić information content (AvgIpc) is 2.73. The normalized spacial score (nSPS) is 16.7. The summed E-state index contributed by atoms with van der Waals surface area (Å²) in [5.41, 5.74) is 9.89. The number of benzene rings is 2. The minimum atomic E-state index is -0.618. The standard InChI is InChI=1S/C16H15ClN2OS/c1-9-4-2-3-5-10(9)8-21-14-7-13-11(6-12(14)17)15(18)16(20)19-13/h2-7,15H,8,18H2,1H3,(H,19,20). The van der Waals surface area contributed by atoms with E-state index >= 15 is 0 Å². The van der Waals surface area contributed by atoms with Crippen molar-refractivity contribution >= 4 is 35.0 Å². The molecular formula is C16H15ClN2OS. The molecule has 0 bridgehead atoms. The van der Waals surface area contributed by atoms with Crippen molar-refractivity contribution < 1.29 is 4.79 Å². The molecular weight excluding hydrogens is 304 g/mol. The van der Waals surface area contributed by atoms with Gasteiger partial charge in [0.15, 0.2) is 0 Å². The minimum Gasteiger partial charge on any atom is -0.324 e. The summed E-state index contributed by atoms with van der Waals surface area (Å²) >= 11 is 7.97. The first-order chi connectivity index (χ1) is 10.1. The second-order valence-electron chi connectivity index (χ2n) is 5.05. The van der Waals surface area contributed by atoms with E-state index in [9.17, 15) is 4.79 Å². The summed E-state index contributed by atoms with van der Waals surface area (Å²) in [5.74, 6) is 0.660. The van der Waals surface area contributed by atoms with Crippen molar-refractivity contribution in [3.8, 4) is 0 Å². The lowest BCUT2D eigenvalue weighted by atomic mass is 10.1. The van der Waals surface area contributed by atoms with Gasteiger partial charge in [-0.3, -0.25) is 4.79 Å². The van der Waals surface area contributed by atoms with Gasteiger partial charge in [-0.15, -0.1) is 11.8 Å². The smallest absolute Gasteiger partial charge is 0.245 e. The summed E-state index contributed by atoms with van der Waals surface area (Å²) in [5, 5.41) is 3.43. The Morgan fingerprint density at radius 3 is 2.86 bits per heavy atom. The van der Waals surface area contributed by atoms with Crippen molar-refractivity contribution in [1.82, 2.24) is 0 Å². The first-order valence-electron chi connectivity index (χ1n) is 6.63. The fourth-order valence-electron chi connectivity index (χ4n) is 2.32. The Morgan fingerprint density at radius 2 is 2.10 bits per heavy atom. The maximum atomic E-state index is 11.6. The number of fused-ring (bicyclic) bond motifs is 1. The van der Waals surface area contributed by atoms with Crippen LogP contribution in [0.25, 0.3) is 0 Å². The lowest BCUT2D eigenvalue weighted by Gasteiger charge is -2.09. The van der Waals surface area contributed by atoms with E-state index in [0.29, 0.717) is 5.02 Å². The van der Waals surface area contributed by atoms with Crippen molar-refractivity contribution in [2.45, 2.75) is 23.6 Å². The van der Waals surface area contributed by atoms with Gasteiger partial charge in [-0.1, -0.05) is 35.9 Å². The summed E-state index contributed by atoms with van der Waals surface area (Å²) in [6, 6.07) is 11.4. The summed E-state index contributed by atoms with van der Waals surface area (Å²) < 4.78 is 0. The number of nitrogens with one attached hydrogen (secondary N) is 1. The molecule has 0 fully saturated rings. The Balaban J connectivity index is 1.83. The molecule has 1 heterocycles. The van der Waals surface area contributed by atoms with Gasteiger partial charge in [-0.05, 0) is 30.2 Å². The van der Waals surface area contributed by atoms with Crippen LogP contribution in [0, 0.1) is 6.92 Å². The van der Waals surface area contributed by atoms with Crippen LogP contribution in [0.1, 0.15) is 22.7 Å². The second kappa shape index (κ2) is 5.72. The third kappa shape index (κ3) is 2.79. The van der Waals surface area contributed by atoms with Crippen LogP contribution in [0.3, 0.4) is 0 Å². The molecule has 0 aromatic heterocycles. The van der Waals surface area contributed by atoms with E-state index in [4.69, 9.17) is 17.3 Å². The van der Waals surface area contributed by atoms with Crippen LogP contribution in [0.15, 0.2) is 41.3 Å². The summed E-state index contributed by atoms with van der Waals surface area (Å²) in [6.45, 7) is 2.10. The minimum absolute atomic E-state index is 0.179. The number of carbonyl (C=O) groups excluding carboxylic acids is 1. The highest BCUT2D eigenvalue weighted by Crippen LogP contribution is 2.39. The van der Waals surface area contributed by atoms with Crippen LogP contribution in [-0.2, 0) is 10.5 Å². The van der Waals surface area contributed by atoms with Crippen LogP contribution < -0.4 is 11.1 Å². The molecule has 3 rings (SSSR count). The molecule has 2 aromatic carbocycles. The quantitative estimate of drug-likeness (QED) is 0.844. The van der Waals surface area contributed by atoms with E-state index in [1.54, 1.807) is 17.8 Å². The molecule has 108 valence electrons. The Kier molecular flexibility index (Phi) is 3.93. The van der Waals surface area contributed by atoms with Crippen LogP contribution in [0.2, 0.25) is 5.02 Å². The molecule has 3 nitrogen and oxygen atoms in total. The highest BCUT2D eigenvalue weighted by atomic mass is 35.5. The fourth-order valence-corrected chi connectivity index (χ4v) is 3.69. The van der Waals surface area contributed by atoms with Gasteiger partial charge in [-0.25, -0.2) is 0 Å². The predicted molar refractivity (Wildman–Crippen MR) is 87.8 cm³/mol. The molecule has 0 saturated carbocycles. The van der Waals surface area contributed by atoms with E-state index in [1.807, 2.05) is 18.2 Å². The van der Waals surface area contributed by atoms with Crippen molar-refractivity contribution in [3.05, 3.63) is 58.1 Å². The number of amides is 1. The summed E-state index contributed by atoms with van der Waals surface area (Å²) in [7, 11) is 0. The number of nitrogens with two attached hydrogens (primary N) is 1. The Hall–Kier alpha value is -1.49. The highest BCUT2D eigenvalue weighted by molar-refractivity contribution is 7.98. The average molecular weight is 319 g/mol. The topological polar surface area (TPSA) is 55.1 Å². The van der Waals surface area contributed by atoms with Gasteiger partial charge < -0.3 is 11.1 Å². The second-order valence-corrected chi connectivity index (χ2v) is 6.48. The number of aryl methyl sites for hydroxylation is 1. The van der Waals surface area contributed by atoms with Crippen LogP contribution in [-0.4, -0.2) is 5.91 Å². The fraction of sp³-hybridized carbons (Fsp3) is 0.188. The molecule has 21 heavy (non-hydrogen) atoms. The monoisotopic (exact) mass is 318 g/mol. The molecule has 1 aliphatic heterocycles. The maximum absolute atomic E-state index is 11.6. The first-order valence-corrected chi connectivity index (χ1v) is 8.00.